The van der Waals surface area contributed by atoms with Crippen LogP contribution in [-0.4, -0.2) is 96.1 Å². The van der Waals surface area contributed by atoms with E-state index >= 15 is 0 Å². The fourth-order valence-electron chi connectivity index (χ4n) is 4.92. The van der Waals surface area contributed by atoms with E-state index in [2.05, 4.69) is 20.0 Å². The predicted octanol–water partition coefficient (Wildman–Crippen LogP) is 0.274. The molecule has 5 rings (SSSR count). The van der Waals surface area contributed by atoms with Gasteiger partial charge in [-0.05, 0) is 30.2 Å². The van der Waals surface area contributed by atoms with Gasteiger partial charge in [-0.1, -0.05) is 0 Å². The van der Waals surface area contributed by atoms with Gasteiger partial charge in [-0.2, -0.15) is 13.2 Å². The molecule has 1 aromatic rings. The van der Waals surface area contributed by atoms with E-state index in [0.717, 1.165) is 45.0 Å². The maximum Gasteiger partial charge on any atom is 0.493 e. The number of amides is 3. The smallest absolute Gasteiger partial charge is 0.369 e. The van der Waals surface area contributed by atoms with Crippen molar-refractivity contribution in [3.05, 3.63) is 29.3 Å². The molecule has 1 N–H and O–H groups in total. The Morgan fingerprint density at radius 2 is 1.77 bits per heavy atom. The van der Waals surface area contributed by atoms with E-state index in [1.54, 1.807) is 6.07 Å². The van der Waals surface area contributed by atoms with E-state index in [1.165, 1.54) is 4.90 Å². The zero-order valence-corrected chi connectivity index (χ0v) is 18.7. The maximum atomic E-state index is 13.0. The molecule has 4 aliphatic rings. The minimum absolute atomic E-state index is 0.0672. The number of nitrogens with one attached hydrogen (secondary N) is 1. The van der Waals surface area contributed by atoms with Crippen molar-refractivity contribution in [2.75, 3.05) is 44.2 Å². The summed E-state index contributed by atoms with van der Waals surface area (Å²) in [6, 6.07) is 4.81. The monoisotopic (exact) mass is 495 g/mol. The Morgan fingerprint density at radius 1 is 1.06 bits per heavy atom. The van der Waals surface area contributed by atoms with Gasteiger partial charge in [-0.25, -0.2) is 4.79 Å². The second kappa shape index (κ2) is 8.79. The molecular weight excluding hydrogens is 471 g/mol. The van der Waals surface area contributed by atoms with Gasteiger partial charge in [0.15, 0.2) is 0 Å². The quantitative estimate of drug-likeness (QED) is 0.595. The number of piperazine rings is 1. The van der Waals surface area contributed by atoms with Gasteiger partial charge in [-0.3, -0.25) is 19.3 Å². The van der Waals surface area contributed by atoms with Gasteiger partial charge in [0.2, 0.25) is 0 Å². The second-order valence-electron chi connectivity index (χ2n) is 9.07. The highest BCUT2D eigenvalue weighted by atomic mass is 19.4. The highest BCUT2D eigenvalue weighted by Crippen LogP contribution is 2.32. The number of carbonyl (C=O) groups excluding carboxylic acids is 4. The van der Waals surface area contributed by atoms with Crippen LogP contribution in [0.1, 0.15) is 28.8 Å². The minimum Gasteiger partial charge on any atom is -0.369 e. The van der Waals surface area contributed by atoms with Crippen molar-refractivity contribution in [2.45, 2.75) is 37.6 Å². The average Bonchev–Trinajstić information content (AvgIpc) is 3.11. The fourth-order valence-corrected chi connectivity index (χ4v) is 4.92. The number of nitrogens with zero attached hydrogens (tertiary/aromatic N) is 4. The van der Waals surface area contributed by atoms with Gasteiger partial charge in [0.05, 0.1) is 0 Å². The fraction of sp³-hybridized carbons (Fsp3) is 0.545. The average molecular weight is 495 g/mol. The van der Waals surface area contributed by atoms with Gasteiger partial charge in [0.25, 0.3) is 17.7 Å². The Labute approximate surface area is 198 Å². The summed E-state index contributed by atoms with van der Waals surface area (Å²) in [6.45, 7) is 5.65. The molecule has 0 radical (unpaired) electrons. The van der Waals surface area contributed by atoms with Gasteiger partial charge in [0, 0.05) is 69.5 Å². The molecule has 1 unspecified atom stereocenters. The first kappa shape index (κ1) is 23.5. The minimum atomic E-state index is -5.37. The number of benzene rings is 1. The highest BCUT2D eigenvalue weighted by Gasteiger charge is 2.49. The number of alkyl halides is 3. The molecule has 1 aromatic carbocycles. The molecule has 3 saturated heterocycles. The molecule has 0 aliphatic carbocycles. The Morgan fingerprint density at radius 3 is 2.40 bits per heavy atom. The first-order valence-corrected chi connectivity index (χ1v) is 11.4. The molecule has 4 aliphatic heterocycles. The topological polar surface area (TPSA) is 102 Å². The molecule has 3 fully saturated rings. The van der Waals surface area contributed by atoms with Crippen LogP contribution < -0.4 is 10.2 Å². The van der Waals surface area contributed by atoms with Crippen LogP contribution >= 0.6 is 0 Å². The van der Waals surface area contributed by atoms with Gasteiger partial charge in [-0.15, -0.1) is 5.06 Å². The van der Waals surface area contributed by atoms with Crippen molar-refractivity contribution in [1.82, 2.24) is 20.2 Å². The van der Waals surface area contributed by atoms with E-state index in [0.29, 0.717) is 17.2 Å². The molecule has 4 heterocycles. The molecular formula is C22H24F3N5O5. The van der Waals surface area contributed by atoms with Crippen LogP contribution in [0.15, 0.2) is 18.2 Å². The summed E-state index contributed by atoms with van der Waals surface area (Å²) in [4.78, 5) is 58.9. The summed E-state index contributed by atoms with van der Waals surface area (Å²) in [5.41, 5.74) is 2.05. The van der Waals surface area contributed by atoms with Crippen molar-refractivity contribution in [3.8, 4) is 0 Å². The Kier molecular flexibility index (Phi) is 5.91. The zero-order valence-electron chi connectivity index (χ0n) is 18.7. The molecule has 188 valence electrons. The number of hydrogen-bond acceptors (Lipinski definition) is 8. The van der Waals surface area contributed by atoms with Gasteiger partial charge in [0.1, 0.15) is 6.04 Å². The predicted molar refractivity (Wildman–Crippen MR) is 114 cm³/mol. The van der Waals surface area contributed by atoms with Crippen molar-refractivity contribution < 1.29 is 37.2 Å². The first-order valence-electron chi connectivity index (χ1n) is 11.4. The molecule has 10 nitrogen and oxygen atoms in total. The molecule has 3 amide bonds. The summed E-state index contributed by atoms with van der Waals surface area (Å²) in [5, 5.41) is 3.11. The van der Waals surface area contributed by atoms with Crippen LogP contribution in [0.4, 0.5) is 18.9 Å². The van der Waals surface area contributed by atoms with Crippen molar-refractivity contribution in [2.24, 2.45) is 0 Å². The lowest BCUT2D eigenvalue weighted by atomic mass is 10.0. The van der Waals surface area contributed by atoms with Crippen molar-refractivity contribution >= 4 is 29.4 Å². The first-order chi connectivity index (χ1) is 16.6. The molecule has 0 saturated carbocycles. The number of hydroxylamine groups is 2. The van der Waals surface area contributed by atoms with Crippen LogP contribution in [0.3, 0.4) is 0 Å². The maximum absolute atomic E-state index is 13.0. The third kappa shape index (κ3) is 4.33. The summed E-state index contributed by atoms with van der Waals surface area (Å²) in [6.07, 6.45) is -5.78. The van der Waals surface area contributed by atoms with Gasteiger partial charge >= 0.3 is 12.1 Å². The standard InChI is InChI=1S/C22H24F3N5O5/c23-22(24,25)21(34)35-30-18(31)4-3-17(20(30)33)29-12-13-9-14(1-2-16(13)19(29)32)27-5-7-28(8-6-27)15-10-26-11-15/h1-2,9,15,17,26H,3-8,10-12H2. The lowest BCUT2D eigenvalue weighted by Gasteiger charge is -2.44. The number of piperidine rings is 1. The third-order valence-electron chi connectivity index (χ3n) is 7.00. The molecule has 0 bridgehead atoms. The molecule has 1 atom stereocenters. The van der Waals surface area contributed by atoms with Crippen molar-refractivity contribution in [3.63, 3.8) is 0 Å². The van der Waals surface area contributed by atoms with E-state index in [1.807, 2.05) is 12.1 Å². The summed E-state index contributed by atoms with van der Waals surface area (Å²) in [7, 11) is 0. The van der Waals surface area contributed by atoms with E-state index in [4.69, 9.17) is 0 Å². The molecule has 0 spiro atoms. The van der Waals surface area contributed by atoms with Crippen LogP contribution in [0.25, 0.3) is 0 Å². The number of rotatable bonds is 4. The lowest BCUT2D eigenvalue weighted by molar-refractivity contribution is -0.238. The number of imide groups is 1. The normalized spacial score (nSPS) is 24.0. The number of carbonyl (C=O) groups is 4. The zero-order chi connectivity index (χ0) is 24.9. The SMILES string of the molecule is O=C1CCC(N2Cc3cc(N4CCN(C5CNC5)CC4)ccc3C2=O)C(=O)N1OC(=O)C(F)(F)F. The van der Waals surface area contributed by atoms with Crippen LogP contribution in [0.2, 0.25) is 0 Å². The van der Waals surface area contributed by atoms with Crippen LogP contribution in [0.5, 0.6) is 0 Å². The molecule has 35 heavy (non-hydrogen) atoms. The van der Waals surface area contributed by atoms with Gasteiger partial charge < -0.3 is 20.0 Å². The van der Waals surface area contributed by atoms with E-state index in [-0.39, 0.29) is 24.4 Å². The molecule has 0 aromatic heterocycles. The van der Waals surface area contributed by atoms with E-state index < -0.39 is 35.9 Å². The van der Waals surface area contributed by atoms with Crippen LogP contribution in [0, 0.1) is 0 Å². The summed E-state index contributed by atoms with van der Waals surface area (Å²) < 4.78 is 37.7. The van der Waals surface area contributed by atoms with E-state index in [9.17, 15) is 32.3 Å². The Balaban J connectivity index is 1.27. The van der Waals surface area contributed by atoms with Crippen molar-refractivity contribution in [1.29, 1.82) is 0 Å². The number of halogens is 3. The lowest BCUT2D eigenvalue weighted by Crippen LogP contribution is -2.61. The summed E-state index contributed by atoms with van der Waals surface area (Å²) in [5.74, 6) is -5.35. The van der Waals surface area contributed by atoms with Crippen LogP contribution in [-0.2, 0) is 25.8 Å². The third-order valence-corrected chi connectivity index (χ3v) is 7.00. The number of anilines is 1. The second-order valence-corrected chi connectivity index (χ2v) is 9.07. The Hall–Kier alpha value is -3.19. The number of hydrogen-bond donors (Lipinski definition) is 1. The number of fused-ring (bicyclic) bond motifs is 1. The molecule has 13 heteroatoms. The Bertz CT molecular complexity index is 1070. The summed E-state index contributed by atoms with van der Waals surface area (Å²) >= 11 is 0. The highest BCUT2D eigenvalue weighted by molar-refractivity contribution is 6.05. The largest absolute Gasteiger partial charge is 0.493 e.